The van der Waals surface area contributed by atoms with Crippen molar-refractivity contribution in [2.45, 2.75) is 26.2 Å². The summed E-state index contributed by atoms with van der Waals surface area (Å²) in [7, 11) is 3.24. The number of carbonyl (C=O) groups excluding carboxylic acids is 1. The summed E-state index contributed by atoms with van der Waals surface area (Å²) in [6.07, 6.45) is 2.91. The van der Waals surface area contributed by atoms with Crippen molar-refractivity contribution in [1.29, 1.82) is 0 Å². The van der Waals surface area contributed by atoms with Crippen LogP contribution in [0.25, 0.3) is 33.1 Å². The number of hydrogen-bond donors (Lipinski definition) is 2. The van der Waals surface area contributed by atoms with Crippen molar-refractivity contribution in [3.05, 3.63) is 54.2 Å². The molecule has 0 aliphatic carbocycles. The number of unbranched alkanes of at least 4 members (excludes halogenated alkanes) is 1. The molecule has 0 radical (unpaired) electrons. The van der Waals surface area contributed by atoms with Crippen LogP contribution in [0.5, 0.6) is 11.5 Å². The number of nitrogens with zero attached hydrogens (tertiary/aromatic N) is 1. The number of amides is 1. The molecule has 0 atom stereocenters. The van der Waals surface area contributed by atoms with Gasteiger partial charge >= 0.3 is 0 Å². The Kier molecular flexibility index (Phi) is 7.65. The van der Waals surface area contributed by atoms with Crippen LogP contribution in [-0.2, 0) is 4.74 Å². The molecule has 34 heavy (non-hydrogen) atoms. The van der Waals surface area contributed by atoms with Crippen LogP contribution < -0.4 is 14.8 Å². The molecule has 2 aromatic carbocycles. The lowest BCUT2D eigenvalue weighted by atomic mass is 10.0. The molecule has 0 aliphatic heterocycles. The fourth-order valence-corrected chi connectivity index (χ4v) is 3.97. The maximum Gasteiger partial charge on any atom is 0.269 e. The average molecular weight is 462 g/mol. The Balaban J connectivity index is 1.71. The molecule has 0 saturated heterocycles. The summed E-state index contributed by atoms with van der Waals surface area (Å²) in [5.74, 6) is 1.11. The van der Waals surface area contributed by atoms with Crippen LogP contribution in [0.2, 0.25) is 0 Å². The smallest absolute Gasteiger partial charge is 0.269 e. The zero-order chi connectivity index (χ0) is 23.9. The van der Waals surface area contributed by atoms with E-state index >= 15 is 0 Å². The largest absolute Gasteiger partial charge is 0.497 e. The summed E-state index contributed by atoms with van der Waals surface area (Å²) in [5.41, 5.74) is 3.55. The van der Waals surface area contributed by atoms with Crippen LogP contribution in [0.1, 0.15) is 36.7 Å². The number of aromatic nitrogens is 2. The number of H-pyrrole nitrogens is 1. The predicted molar refractivity (Wildman–Crippen MR) is 135 cm³/mol. The molecule has 0 aliphatic rings. The topological polar surface area (TPSA) is 85.5 Å². The van der Waals surface area contributed by atoms with E-state index in [1.165, 1.54) is 0 Å². The third-order valence-electron chi connectivity index (χ3n) is 5.78. The van der Waals surface area contributed by atoms with Crippen molar-refractivity contribution in [2.75, 3.05) is 34.0 Å². The molecular formula is C27H31N3O4. The number of fused-ring (bicyclic) bond motifs is 3. The van der Waals surface area contributed by atoms with Crippen LogP contribution in [0.4, 0.5) is 0 Å². The molecule has 178 valence electrons. The summed E-state index contributed by atoms with van der Waals surface area (Å²) in [6.45, 7) is 4.04. The summed E-state index contributed by atoms with van der Waals surface area (Å²) in [4.78, 5) is 21.3. The Morgan fingerprint density at radius 3 is 2.62 bits per heavy atom. The van der Waals surface area contributed by atoms with Gasteiger partial charge in [-0.05, 0) is 43.2 Å². The van der Waals surface area contributed by atoms with Gasteiger partial charge in [0.05, 0.1) is 25.4 Å². The maximum absolute atomic E-state index is 13.1. The lowest BCUT2D eigenvalue weighted by Crippen LogP contribution is -2.26. The number of nitrogens with one attached hydrogen (secondary N) is 2. The first-order chi connectivity index (χ1) is 16.7. The highest BCUT2D eigenvalue weighted by molar-refractivity contribution is 6.13. The minimum absolute atomic E-state index is 0.219. The normalized spacial score (nSPS) is 11.1. The zero-order valence-electron chi connectivity index (χ0n) is 19.9. The van der Waals surface area contributed by atoms with Crippen molar-refractivity contribution in [3.8, 4) is 22.8 Å². The fourth-order valence-electron chi connectivity index (χ4n) is 3.97. The SMILES string of the molecule is CCCCOCCCNC(=O)c1cc2c([nH]c3ccccc32)c(-c2cc(OC)ccc2OC)n1. The molecule has 1 amide bonds. The van der Waals surface area contributed by atoms with Crippen molar-refractivity contribution in [1.82, 2.24) is 15.3 Å². The van der Waals surface area contributed by atoms with Gasteiger partial charge in [0.15, 0.2) is 0 Å². The van der Waals surface area contributed by atoms with Crippen LogP contribution in [0, 0.1) is 0 Å². The van der Waals surface area contributed by atoms with E-state index in [4.69, 9.17) is 19.2 Å². The van der Waals surface area contributed by atoms with Gasteiger partial charge in [0, 0.05) is 41.6 Å². The average Bonchev–Trinajstić information content (AvgIpc) is 3.25. The van der Waals surface area contributed by atoms with Gasteiger partial charge in [-0.25, -0.2) is 4.98 Å². The van der Waals surface area contributed by atoms with E-state index in [0.717, 1.165) is 53.2 Å². The summed E-state index contributed by atoms with van der Waals surface area (Å²) < 4.78 is 16.6. The van der Waals surface area contributed by atoms with Crippen LogP contribution in [-0.4, -0.2) is 49.9 Å². The number of benzene rings is 2. The number of carbonyl (C=O) groups is 1. The van der Waals surface area contributed by atoms with E-state index in [1.54, 1.807) is 14.2 Å². The lowest BCUT2D eigenvalue weighted by Gasteiger charge is -2.13. The zero-order valence-corrected chi connectivity index (χ0v) is 19.9. The number of para-hydroxylation sites is 1. The van der Waals surface area contributed by atoms with Crippen LogP contribution in [0.15, 0.2) is 48.5 Å². The molecule has 2 heterocycles. The van der Waals surface area contributed by atoms with Gasteiger partial charge < -0.3 is 24.5 Å². The number of hydrogen-bond acceptors (Lipinski definition) is 5. The maximum atomic E-state index is 13.1. The number of methoxy groups -OCH3 is 2. The van der Waals surface area contributed by atoms with Crippen molar-refractivity contribution < 1.29 is 19.0 Å². The van der Waals surface area contributed by atoms with Gasteiger partial charge in [0.1, 0.15) is 17.2 Å². The van der Waals surface area contributed by atoms with E-state index in [0.29, 0.717) is 36.0 Å². The van der Waals surface area contributed by atoms with E-state index in [1.807, 2.05) is 48.5 Å². The Hall–Kier alpha value is -3.58. The first-order valence-corrected chi connectivity index (χ1v) is 11.7. The monoisotopic (exact) mass is 461 g/mol. The third kappa shape index (κ3) is 4.99. The number of ether oxygens (including phenoxy) is 3. The molecule has 0 spiro atoms. The molecule has 4 aromatic rings. The Labute approximate surface area is 199 Å². The lowest BCUT2D eigenvalue weighted by molar-refractivity contribution is 0.0936. The standard InChI is InChI=1S/C27H31N3O4/c1-4-5-14-34-15-8-13-28-27(31)23-17-20-19-9-6-7-10-22(19)29-25(20)26(30-23)21-16-18(32-2)11-12-24(21)33-3/h6-7,9-12,16-17,29H,4-5,8,13-15H2,1-3H3,(H,28,31). The molecule has 4 rings (SSSR count). The van der Waals surface area contributed by atoms with E-state index in [9.17, 15) is 4.79 Å². The highest BCUT2D eigenvalue weighted by atomic mass is 16.5. The molecule has 0 unspecified atom stereocenters. The van der Waals surface area contributed by atoms with Crippen molar-refractivity contribution >= 4 is 27.7 Å². The third-order valence-corrected chi connectivity index (χ3v) is 5.78. The second-order valence-corrected chi connectivity index (χ2v) is 8.09. The molecule has 2 N–H and O–H groups in total. The Morgan fingerprint density at radius 2 is 1.82 bits per heavy atom. The Bertz CT molecular complexity index is 1280. The minimum atomic E-state index is -0.219. The molecule has 0 saturated carbocycles. The molecule has 0 fully saturated rings. The van der Waals surface area contributed by atoms with Crippen LogP contribution >= 0.6 is 0 Å². The summed E-state index contributed by atoms with van der Waals surface area (Å²) >= 11 is 0. The molecule has 2 aromatic heterocycles. The van der Waals surface area contributed by atoms with E-state index in [-0.39, 0.29) is 5.91 Å². The predicted octanol–water partition coefficient (Wildman–Crippen LogP) is 5.34. The number of pyridine rings is 1. The quantitative estimate of drug-likeness (QED) is 0.295. The second kappa shape index (κ2) is 11.0. The minimum Gasteiger partial charge on any atom is -0.497 e. The van der Waals surface area contributed by atoms with E-state index < -0.39 is 0 Å². The van der Waals surface area contributed by atoms with Gasteiger partial charge in [-0.1, -0.05) is 31.5 Å². The summed E-state index contributed by atoms with van der Waals surface area (Å²) in [5, 5.41) is 4.94. The van der Waals surface area contributed by atoms with Gasteiger partial charge in [0.25, 0.3) is 5.91 Å². The number of aromatic amines is 1. The number of rotatable bonds is 11. The molecular weight excluding hydrogens is 430 g/mol. The van der Waals surface area contributed by atoms with Crippen molar-refractivity contribution in [2.24, 2.45) is 0 Å². The van der Waals surface area contributed by atoms with Crippen LogP contribution in [0.3, 0.4) is 0 Å². The fraction of sp³-hybridized carbons (Fsp3) is 0.333. The molecule has 7 heteroatoms. The molecule has 0 bridgehead atoms. The summed E-state index contributed by atoms with van der Waals surface area (Å²) in [6, 6.07) is 15.4. The van der Waals surface area contributed by atoms with Gasteiger partial charge in [0.2, 0.25) is 0 Å². The first kappa shape index (κ1) is 23.6. The molecule has 7 nitrogen and oxygen atoms in total. The highest BCUT2D eigenvalue weighted by Crippen LogP contribution is 2.38. The van der Waals surface area contributed by atoms with E-state index in [2.05, 4.69) is 17.2 Å². The second-order valence-electron chi connectivity index (χ2n) is 8.09. The van der Waals surface area contributed by atoms with Gasteiger partial charge in [-0.15, -0.1) is 0 Å². The highest BCUT2D eigenvalue weighted by Gasteiger charge is 2.19. The Morgan fingerprint density at radius 1 is 1.00 bits per heavy atom. The van der Waals surface area contributed by atoms with Gasteiger partial charge in [-0.2, -0.15) is 0 Å². The first-order valence-electron chi connectivity index (χ1n) is 11.7. The van der Waals surface area contributed by atoms with Gasteiger partial charge in [-0.3, -0.25) is 4.79 Å². The van der Waals surface area contributed by atoms with Crippen molar-refractivity contribution in [3.63, 3.8) is 0 Å².